The Bertz CT molecular complexity index is 2050. The van der Waals surface area contributed by atoms with E-state index in [0.29, 0.717) is 12.8 Å². The first-order valence-electron chi connectivity index (χ1n) is 30.4. The molecule has 3 saturated heterocycles. The van der Waals surface area contributed by atoms with E-state index < -0.39 is 131 Å². The molecule has 3 fully saturated rings. The van der Waals surface area contributed by atoms with Gasteiger partial charge in [-0.1, -0.05) is 167 Å². The minimum Gasteiger partial charge on any atom is -0.394 e. The van der Waals surface area contributed by atoms with Crippen LogP contribution in [-0.2, 0) is 33.2 Å². The van der Waals surface area contributed by atoms with Crippen molar-refractivity contribution in [3.8, 4) is 0 Å². The highest BCUT2D eigenvalue weighted by Gasteiger charge is 2.53. The van der Waals surface area contributed by atoms with Crippen molar-refractivity contribution in [1.29, 1.82) is 0 Å². The number of aliphatic hydroxyl groups excluding tert-OH is 11. The van der Waals surface area contributed by atoms with Crippen LogP contribution in [0, 0.1) is 0 Å². The number of aliphatic hydroxyl groups is 11. The van der Waals surface area contributed by atoms with E-state index in [-0.39, 0.29) is 12.3 Å². The van der Waals surface area contributed by atoms with Gasteiger partial charge in [0.15, 0.2) is 18.9 Å². The van der Waals surface area contributed by atoms with Gasteiger partial charge in [-0.3, -0.25) is 4.79 Å². The van der Waals surface area contributed by atoms with Gasteiger partial charge in [0.25, 0.3) is 0 Å². The van der Waals surface area contributed by atoms with Gasteiger partial charge in [-0.25, -0.2) is 0 Å². The molecule has 0 aromatic heterocycles. The van der Waals surface area contributed by atoms with Crippen molar-refractivity contribution in [1.82, 2.24) is 5.32 Å². The number of nitrogens with one attached hydrogen (secondary N) is 1. The Balaban J connectivity index is 1.41. The molecule has 19 nitrogen and oxygen atoms in total. The van der Waals surface area contributed by atoms with Gasteiger partial charge in [-0.05, 0) is 96.3 Å². The minimum atomic E-state index is -1.99. The van der Waals surface area contributed by atoms with E-state index in [2.05, 4.69) is 141 Å². The molecule has 3 aliphatic rings. The molecule has 476 valence electrons. The molecule has 17 unspecified atom stereocenters. The first-order chi connectivity index (χ1) is 40.8. The number of carbonyl (C=O) groups excluding carboxylic acids is 1. The summed E-state index contributed by atoms with van der Waals surface area (Å²) in [6, 6.07) is -1.02. The van der Waals surface area contributed by atoms with Gasteiger partial charge in [0.05, 0.1) is 38.6 Å². The third-order valence-electron chi connectivity index (χ3n) is 14.2. The quantitative estimate of drug-likeness (QED) is 0.0251. The van der Waals surface area contributed by atoms with E-state index in [0.717, 1.165) is 103 Å². The highest BCUT2D eigenvalue weighted by molar-refractivity contribution is 5.76. The lowest BCUT2D eigenvalue weighted by molar-refractivity contribution is -0.379. The van der Waals surface area contributed by atoms with Crippen LogP contribution in [0.5, 0.6) is 0 Å². The molecule has 0 aliphatic carbocycles. The fraction of sp³-hybridized carbons (Fsp3) is 0.646. The van der Waals surface area contributed by atoms with Crippen molar-refractivity contribution in [2.75, 3.05) is 26.4 Å². The number of carbonyl (C=O) groups is 1. The van der Waals surface area contributed by atoms with Crippen LogP contribution in [0.2, 0.25) is 0 Å². The zero-order valence-corrected chi connectivity index (χ0v) is 49.6. The summed E-state index contributed by atoms with van der Waals surface area (Å²) in [6.07, 6.45) is 36.2. The monoisotopic (exact) mass is 1190 g/mol. The van der Waals surface area contributed by atoms with Gasteiger partial charge in [-0.15, -0.1) is 0 Å². The molecule has 0 saturated carbocycles. The molecule has 84 heavy (non-hydrogen) atoms. The Morgan fingerprint density at radius 1 is 0.440 bits per heavy atom. The second kappa shape index (κ2) is 46.1. The van der Waals surface area contributed by atoms with Gasteiger partial charge in [0.1, 0.15) is 73.2 Å². The second-order valence-corrected chi connectivity index (χ2v) is 21.1. The normalized spacial score (nSPS) is 30.1. The molecular weight excluding hydrogens is 1080 g/mol. The van der Waals surface area contributed by atoms with Crippen molar-refractivity contribution in [3.63, 3.8) is 0 Å². The number of rotatable bonds is 42. The molecule has 0 radical (unpaired) electrons. The Labute approximate surface area is 499 Å². The SMILES string of the molecule is CC/C=C\C/C=C\C/C=C\C/C=C\C/C=C\C/C=C\C/C=C\C/C=C\C/C=C\CCCCCC(=O)NC(COC1OC(CO)C(OC2OC(CO)C(OC3OC(CO)C(O)C(O)C3O)C(O)C2O)C(O)C1O)C(O)/C=C/CC/C=C/CCCC. The Morgan fingerprint density at radius 2 is 0.833 bits per heavy atom. The van der Waals surface area contributed by atoms with Crippen molar-refractivity contribution in [3.05, 3.63) is 134 Å². The van der Waals surface area contributed by atoms with Gasteiger partial charge >= 0.3 is 0 Å². The Hall–Kier alpha value is -4.07. The minimum absolute atomic E-state index is 0.184. The highest BCUT2D eigenvalue weighted by Crippen LogP contribution is 2.33. The van der Waals surface area contributed by atoms with Crippen LogP contribution in [0.15, 0.2) is 134 Å². The lowest BCUT2D eigenvalue weighted by Gasteiger charge is -2.48. The predicted molar refractivity (Wildman–Crippen MR) is 323 cm³/mol. The number of hydrogen-bond acceptors (Lipinski definition) is 18. The summed E-state index contributed by atoms with van der Waals surface area (Å²) in [4.78, 5) is 13.3. The average molecular weight is 1190 g/mol. The fourth-order valence-corrected chi connectivity index (χ4v) is 9.18. The summed E-state index contributed by atoms with van der Waals surface area (Å²) in [7, 11) is 0. The van der Waals surface area contributed by atoms with E-state index in [4.69, 9.17) is 28.4 Å². The van der Waals surface area contributed by atoms with E-state index >= 15 is 0 Å². The zero-order chi connectivity index (χ0) is 61.2. The standard InChI is InChI=1S/C65H103NO18/c1-3-5-7-9-11-13-14-15-16-17-18-19-20-21-22-23-24-25-26-27-28-29-30-31-32-33-34-35-37-39-41-43-53(71)66-48(49(70)42-40-38-36-12-10-8-6-4-2)47-79-63-59(77)56(74)61(51(45-68)81-63)84-65-60(78)57(75)62(52(46-69)82-65)83-64-58(76)55(73)54(72)50(44-67)80-64/h5,7,10-13,15-16,18-19,21-22,24-25,27-28,30-31,33-34,40,42,48-52,54-65,67-70,72-78H,3-4,6,8-9,14,17,20,23,26,29,32,35-39,41,43-47H2,1-2H3,(H,66,71)/b7-5-,12-10+,13-11-,16-15-,19-18-,22-21-,25-24-,28-27-,31-30-,34-33-,42-40+. The van der Waals surface area contributed by atoms with E-state index in [1.807, 2.05) is 0 Å². The first-order valence-corrected chi connectivity index (χ1v) is 30.4. The number of amides is 1. The maximum absolute atomic E-state index is 13.3. The van der Waals surface area contributed by atoms with Gasteiger partial charge in [-0.2, -0.15) is 0 Å². The number of ether oxygens (including phenoxy) is 6. The number of allylic oxidation sites excluding steroid dienone is 21. The zero-order valence-electron chi connectivity index (χ0n) is 49.6. The highest BCUT2D eigenvalue weighted by atomic mass is 16.8. The molecule has 19 heteroatoms. The summed E-state index contributed by atoms with van der Waals surface area (Å²) < 4.78 is 34.1. The first kappa shape index (κ1) is 74.2. The summed E-state index contributed by atoms with van der Waals surface area (Å²) in [5.74, 6) is -0.330. The number of unbranched alkanes of at least 4 members (excludes halogenated alkanes) is 6. The molecule has 3 aliphatic heterocycles. The Kier molecular flexibility index (Phi) is 40.7. The van der Waals surface area contributed by atoms with E-state index in [1.54, 1.807) is 12.2 Å². The smallest absolute Gasteiger partial charge is 0.220 e. The predicted octanol–water partition coefficient (Wildman–Crippen LogP) is 5.87. The maximum Gasteiger partial charge on any atom is 0.220 e. The summed E-state index contributed by atoms with van der Waals surface area (Å²) >= 11 is 0. The van der Waals surface area contributed by atoms with Crippen LogP contribution in [0.25, 0.3) is 0 Å². The van der Waals surface area contributed by atoms with Gasteiger partial charge < -0.3 is 89.9 Å². The second-order valence-electron chi connectivity index (χ2n) is 21.1. The molecule has 12 N–H and O–H groups in total. The van der Waals surface area contributed by atoms with Crippen LogP contribution in [-0.4, -0.2) is 193 Å². The number of hydrogen-bond donors (Lipinski definition) is 12. The molecule has 0 aromatic rings. The van der Waals surface area contributed by atoms with E-state index in [9.17, 15) is 61.0 Å². The van der Waals surface area contributed by atoms with Crippen LogP contribution in [0.1, 0.15) is 136 Å². The molecule has 0 bridgehead atoms. The molecule has 1 amide bonds. The molecule has 17 atom stereocenters. The molecule has 0 spiro atoms. The molecule has 3 heterocycles. The van der Waals surface area contributed by atoms with E-state index in [1.165, 1.54) is 0 Å². The summed E-state index contributed by atoms with van der Waals surface area (Å²) in [5, 5.41) is 120. The third kappa shape index (κ3) is 29.1. The average Bonchev–Trinajstić information content (AvgIpc) is 2.91. The van der Waals surface area contributed by atoms with Crippen LogP contribution >= 0.6 is 0 Å². The van der Waals surface area contributed by atoms with Gasteiger partial charge in [0, 0.05) is 6.42 Å². The van der Waals surface area contributed by atoms with Gasteiger partial charge in [0.2, 0.25) is 5.91 Å². The summed E-state index contributed by atoms with van der Waals surface area (Å²) in [6.45, 7) is 1.43. The largest absolute Gasteiger partial charge is 0.394 e. The topological polar surface area (TPSA) is 307 Å². The molecule has 0 aromatic carbocycles. The van der Waals surface area contributed by atoms with Crippen LogP contribution in [0.4, 0.5) is 0 Å². The Morgan fingerprint density at radius 3 is 1.31 bits per heavy atom. The lowest BCUT2D eigenvalue weighted by Crippen LogP contribution is -2.66. The lowest BCUT2D eigenvalue weighted by atomic mass is 9.96. The van der Waals surface area contributed by atoms with Crippen molar-refractivity contribution < 1.29 is 89.4 Å². The van der Waals surface area contributed by atoms with Crippen molar-refractivity contribution >= 4 is 5.91 Å². The maximum atomic E-state index is 13.3. The summed E-state index contributed by atoms with van der Waals surface area (Å²) in [5.41, 5.74) is 0. The molecular formula is C65H103NO18. The molecule has 3 rings (SSSR count). The fourth-order valence-electron chi connectivity index (χ4n) is 9.18. The van der Waals surface area contributed by atoms with Crippen molar-refractivity contribution in [2.24, 2.45) is 0 Å². The van der Waals surface area contributed by atoms with Crippen LogP contribution < -0.4 is 5.32 Å². The van der Waals surface area contributed by atoms with Crippen molar-refractivity contribution in [2.45, 2.75) is 240 Å². The van der Waals surface area contributed by atoms with Crippen LogP contribution in [0.3, 0.4) is 0 Å². The third-order valence-corrected chi connectivity index (χ3v) is 14.2.